The van der Waals surface area contributed by atoms with Crippen molar-refractivity contribution in [2.75, 3.05) is 23.3 Å². The Hall–Kier alpha value is -3.03. The monoisotopic (exact) mass is 371 g/mol. The van der Waals surface area contributed by atoms with E-state index in [1.165, 1.54) is 6.07 Å². The summed E-state index contributed by atoms with van der Waals surface area (Å²) in [6.45, 7) is 1.54. The number of benzene rings is 1. The van der Waals surface area contributed by atoms with Gasteiger partial charge in [0.15, 0.2) is 11.6 Å². The van der Waals surface area contributed by atoms with Gasteiger partial charge in [-0.05, 0) is 25.0 Å². The van der Waals surface area contributed by atoms with Crippen molar-refractivity contribution in [2.45, 2.75) is 25.3 Å². The third kappa shape index (κ3) is 3.74. The molecule has 2 heterocycles. The van der Waals surface area contributed by atoms with Crippen LogP contribution in [0.1, 0.15) is 24.1 Å². The van der Waals surface area contributed by atoms with Gasteiger partial charge in [-0.2, -0.15) is 0 Å². The smallest absolute Gasteiger partial charge is 0.319 e. The van der Waals surface area contributed by atoms with Gasteiger partial charge in [0.1, 0.15) is 12.1 Å². The first-order chi connectivity index (χ1) is 13.1. The summed E-state index contributed by atoms with van der Waals surface area (Å²) in [6.07, 6.45) is 8.12. The molecule has 8 heteroatoms. The van der Waals surface area contributed by atoms with Gasteiger partial charge in [0.05, 0.1) is 5.69 Å². The molecule has 140 valence electrons. The normalized spacial score (nSPS) is 16.3. The number of rotatable bonds is 3. The molecule has 1 aromatic carbocycles. The van der Waals surface area contributed by atoms with Crippen LogP contribution in [0.4, 0.5) is 25.1 Å². The van der Waals surface area contributed by atoms with Crippen LogP contribution in [-0.2, 0) is 6.42 Å². The van der Waals surface area contributed by atoms with Crippen LogP contribution in [0, 0.1) is 11.6 Å². The number of piperidine rings is 1. The van der Waals surface area contributed by atoms with Crippen LogP contribution in [-0.4, -0.2) is 35.1 Å². The van der Waals surface area contributed by atoms with E-state index in [-0.39, 0.29) is 11.7 Å². The molecule has 1 fully saturated rings. The number of nitrogens with one attached hydrogen (secondary N) is 2. The van der Waals surface area contributed by atoms with Crippen LogP contribution in [0.5, 0.6) is 0 Å². The summed E-state index contributed by atoms with van der Waals surface area (Å²) in [5.41, 5.74) is 2.35. The predicted octanol–water partition coefficient (Wildman–Crippen LogP) is 3.11. The lowest BCUT2D eigenvalue weighted by atomic mass is 10.0. The second-order valence-corrected chi connectivity index (χ2v) is 6.65. The lowest BCUT2D eigenvalue weighted by Gasteiger charge is -2.33. The number of amides is 2. The quantitative estimate of drug-likeness (QED) is 0.870. The van der Waals surface area contributed by atoms with Crippen molar-refractivity contribution in [1.29, 1.82) is 0 Å². The molecule has 0 atom stereocenters. The minimum atomic E-state index is -0.993. The van der Waals surface area contributed by atoms with Crippen molar-refractivity contribution in [3.8, 4) is 0 Å². The third-order valence-electron chi connectivity index (χ3n) is 4.85. The second-order valence-electron chi connectivity index (χ2n) is 6.65. The van der Waals surface area contributed by atoms with Crippen molar-refractivity contribution in [1.82, 2.24) is 15.3 Å². The van der Waals surface area contributed by atoms with Crippen molar-refractivity contribution < 1.29 is 13.6 Å². The predicted molar refractivity (Wildman–Crippen MR) is 98.5 cm³/mol. The first-order valence-corrected chi connectivity index (χ1v) is 8.88. The topological polar surface area (TPSA) is 70.2 Å². The lowest BCUT2D eigenvalue weighted by Crippen LogP contribution is -2.46. The van der Waals surface area contributed by atoms with Gasteiger partial charge < -0.3 is 15.5 Å². The van der Waals surface area contributed by atoms with Crippen LogP contribution in [0.15, 0.2) is 30.6 Å². The Bertz CT molecular complexity index is 894. The number of halogens is 2. The van der Waals surface area contributed by atoms with Gasteiger partial charge in [0, 0.05) is 42.9 Å². The number of hydrogen-bond acceptors (Lipinski definition) is 4. The molecule has 2 amide bonds. The number of carbonyl (C=O) groups is 1. The van der Waals surface area contributed by atoms with E-state index in [4.69, 9.17) is 0 Å². The van der Waals surface area contributed by atoms with E-state index in [1.807, 2.05) is 0 Å². The summed E-state index contributed by atoms with van der Waals surface area (Å²) in [5, 5.41) is 5.42. The zero-order valence-corrected chi connectivity index (χ0v) is 14.6. The molecule has 4 rings (SSSR count). The molecule has 0 bridgehead atoms. The zero-order valence-electron chi connectivity index (χ0n) is 14.6. The van der Waals surface area contributed by atoms with Gasteiger partial charge in [-0.3, -0.25) is 0 Å². The minimum absolute atomic E-state index is 0.0111. The molecule has 1 saturated heterocycles. The Labute approximate surface area is 155 Å². The highest BCUT2D eigenvalue weighted by Crippen LogP contribution is 2.28. The summed E-state index contributed by atoms with van der Waals surface area (Å²) < 4.78 is 26.2. The number of aromatic nitrogens is 2. The average Bonchev–Trinajstić information content (AvgIpc) is 3.14. The summed E-state index contributed by atoms with van der Waals surface area (Å²) >= 11 is 0. The van der Waals surface area contributed by atoms with E-state index in [0.717, 1.165) is 61.6 Å². The Kier molecular flexibility index (Phi) is 4.70. The average molecular weight is 371 g/mol. The lowest BCUT2D eigenvalue weighted by molar-refractivity contribution is 0.246. The highest BCUT2D eigenvalue weighted by molar-refractivity contribution is 5.89. The van der Waals surface area contributed by atoms with Gasteiger partial charge in [-0.1, -0.05) is 12.2 Å². The van der Waals surface area contributed by atoms with E-state index < -0.39 is 17.7 Å². The molecule has 2 aliphatic rings. The number of nitrogens with zero attached hydrogens (tertiary/aromatic N) is 3. The van der Waals surface area contributed by atoms with Crippen LogP contribution in [0.25, 0.3) is 6.08 Å². The maximum absolute atomic E-state index is 13.2. The fourth-order valence-electron chi connectivity index (χ4n) is 3.46. The Morgan fingerprint density at radius 2 is 1.96 bits per heavy atom. The van der Waals surface area contributed by atoms with Gasteiger partial charge in [0.2, 0.25) is 0 Å². The first kappa shape index (κ1) is 17.4. The van der Waals surface area contributed by atoms with Crippen LogP contribution >= 0.6 is 0 Å². The zero-order chi connectivity index (χ0) is 18.8. The van der Waals surface area contributed by atoms with E-state index in [1.54, 1.807) is 6.33 Å². The molecule has 0 radical (unpaired) electrons. The van der Waals surface area contributed by atoms with Crippen molar-refractivity contribution in [3.63, 3.8) is 0 Å². The molecule has 0 unspecified atom stereocenters. The highest BCUT2D eigenvalue weighted by atomic mass is 19.2. The number of urea groups is 1. The fraction of sp³-hybridized carbons (Fsp3) is 0.316. The molecular weight excluding hydrogens is 352 g/mol. The number of allylic oxidation sites excluding steroid dienone is 1. The molecule has 1 aliphatic heterocycles. The van der Waals surface area contributed by atoms with Crippen molar-refractivity contribution >= 4 is 23.6 Å². The number of fused-ring (bicyclic) bond motifs is 1. The SMILES string of the molecule is O=C(Nc1ccc(F)c(F)c1)NC1CCN(c2ncnc3c2C=CC3)CC1. The summed E-state index contributed by atoms with van der Waals surface area (Å²) in [6, 6.07) is 2.85. The van der Waals surface area contributed by atoms with Crippen molar-refractivity contribution in [3.05, 3.63) is 53.5 Å². The standard InChI is InChI=1S/C19H19F2N5O/c20-15-5-4-13(10-16(15)21)25-19(27)24-12-6-8-26(9-7-12)18-14-2-1-3-17(14)22-11-23-18/h1-2,4-5,10-12H,3,6-9H2,(H2,24,25,27). The van der Waals surface area contributed by atoms with E-state index in [0.29, 0.717) is 0 Å². The van der Waals surface area contributed by atoms with Crippen LogP contribution in [0.2, 0.25) is 0 Å². The molecule has 2 aromatic rings. The highest BCUT2D eigenvalue weighted by Gasteiger charge is 2.24. The Morgan fingerprint density at radius 3 is 2.74 bits per heavy atom. The van der Waals surface area contributed by atoms with Gasteiger partial charge in [0.25, 0.3) is 0 Å². The first-order valence-electron chi connectivity index (χ1n) is 8.88. The molecular formula is C19H19F2N5O. The molecule has 2 N–H and O–H groups in total. The van der Waals surface area contributed by atoms with Crippen molar-refractivity contribution in [2.24, 2.45) is 0 Å². The summed E-state index contributed by atoms with van der Waals surface area (Å²) in [7, 11) is 0. The maximum atomic E-state index is 13.2. The number of anilines is 2. The molecule has 1 aliphatic carbocycles. The van der Waals surface area contributed by atoms with Crippen LogP contribution < -0.4 is 15.5 Å². The molecule has 1 aromatic heterocycles. The van der Waals surface area contributed by atoms with Gasteiger partial charge >= 0.3 is 6.03 Å². The number of carbonyl (C=O) groups excluding carboxylic acids is 1. The van der Waals surface area contributed by atoms with Gasteiger partial charge in [-0.25, -0.2) is 23.5 Å². The Balaban J connectivity index is 1.32. The molecule has 6 nitrogen and oxygen atoms in total. The fourth-order valence-corrected chi connectivity index (χ4v) is 3.46. The molecule has 0 saturated carbocycles. The second kappa shape index (κ2) is 7.30. The maximum Gasteiger partial charge on any atom is 0.319 e. The third-order valence-corrected chi connectivity index (χ3v) is 4.85. The molecule has 0 spiro atoms. The van der Waals surface area contributed by atoms with E-state index in [2.05, 4.69) is 37.7 Å². The van der Waals surface area contributed by atoms with Gasteiger partial charge in [-0.15, -0.1) is 0 Å². The summed E-state index contributed by atoms with van der Waals surface area (Å²) in [5.74, 6) is -0.995. The Morgan fingerprint density at radius 1 is 1.15 bits per heavy atom. The van der Waals surface area contributed by atoms with E-state index >= 15 is 0 Å². The number of hydrogen-bond donors (Lipinski definition) is 2. The molecule has 27 heavy (non-hydrogen) atoms. The summed E-state index contributed by atoms with van der Waals surface area (Å²) in [4.78, 5) is 23.0. The largest absolute Gasteiger partial charge is 0.356 e. The van der Waals surface area contributed by atoms with Crippen LogP contribution in [0.3, 0.4) is 0 Å². The minimum Gasteiger partial charge on any atom is -0.356 e. The van der Waals surface area contributed by atoms with E-state index in [9.17, 15) is 13.6 Å².